The average molecular weight is 207 g/mol. The molecule has 0 aliphatic heterocycles. The second kappa shape index (κ2) is 3.68. The minimum Gasteiger partial charge on any atom is -0.349 e. The fraction of sp³-hybridized carbons (Fsp3) is 0.500. The highest BCUT2D eigenvalue weighted by atomic mass is 15.6. The zero-order valence-electron chi connectivity index (χ0n) is 8.97. The Morgan fingerprint density at radius 1 is 1.33 bits per heavy atom. The summed E-state index contributed by atoms with van der Waals surface area (Å²) in [6.07, 6.45) is 1.84. The molecule has 0 radical (unpaired) electrons. The molecular weight excluding hydrogens is 194 g/mol. The second-order valence-electron chi connectivity index (χ2n) is 3.36. The van der Waals surface area contributed by atoms with Gasteiger partial charge in [-0.05, 0) is 17.4 Å². The van der Waals surface area contributed by atoms with Crippen molar-refractivity contribution in [1.82, 2.24) is 30.0 Å². The minimum atomic E-state index is 0.651. The van der Waals surface area contributed by atoms with Crippen LogP contribution in [0.15, 0.2) is 6.20 Å². The van der Waals surface area contributed by atoms with Crippen molar-refractivity contribution >= 4 is 5.95 Å². The summed E-state index contributed by atoms with van der Waals surface area (Å²) in [5.41, 5.74) is 2.28. The van der Waals surface area contributed by atoms with Crippen LogP contribution in [-0.2, 0) is 20.6 Å². The van der Waals surface area contributed by atoms with Crippen molar-refractivity contribution in [1.29, 1.82) is 0 Å². The van der Waals surface area contributed by atoms with Gasteiger partial charge in [-0.15, -0.1) is 0 Å². The molecule has 80 valence electrons. The van der Waals surface area contributed by atoms with E-state index in [1.54, 1.807) is 11.7 Å². The van der Waals surface area contributed by atoms with Crippen LogP contribution in [0.3, 0.4) is 0 Å². The average Bonchev–Trinajstić information content (AvgIpc) is 2.74. The van der Waals surface area contributed by atoms with Gasteiger partial charge in [-0.1, -0.05) is 5.10 Å². The Labute approximate surface area is 87.1 Å². The summed E-state index contributed by atoms with van der Waals surface area (Å²) >= 11 is 0. The third kappa shape index (κ3) is 1.80. The van der Waals surface area contributed by atoms with Gasteiger partial charge in [0.05, 0.1) is 6.20 Å². The van der Waals surface area contributed by atoms with Gasteiger partial charge in [0.2, 0.25) is 5.95 Å². The van der Waals surface area contributed by atoms with Crippen LogP contribution in [0.1, 0.15) is 11.3 Å². The molecule has 7 nitrogen and oxygen atoms in total. The van der Waals surface area contributed by atoms with E-state index in [4.69, 9.17) is 0 Å². The van der Waals surface area contributed by atoms with Gasteiger partial charge in [0, 0.05) is 31.9 Å². The molecule has 0 saturated heterocycles. The van der Waals surface area contributed by atoms with E-state index in [9.17, 15) is 0 Å². The molecule has 0 saturated carbocycles. The first-order valence-electron chi connectivity index (χ1n) is 4.62. The molecule has 0 aliphatic carbocycles. The summed E-state index contributed by atoms with van der Waals surface area (Å²) in [7, 11) is 3.71. The Bertz CT molecular complexity index is 455. The highest BCUT2D eigenvalue weighted by Gasteiger charge is 2.05. The molecule has 15 heavy (non-hydrogen) atoms. The molecule has 0 fully saturated rings. The van der Waals surface area contributed by atoms with Crippen molar-refractivity contribution in [3.63, 3.8) is 0 Å². The van der Waals surface area contributed by atoms with E-state index in [1.165, 1.54) is 0 Å². The van der Waals surface area contributed by atoms with Crippen molar-refractivity contribution in [3.05, 3.63) is 17.5 Å². The van der Waals surface area contributed by atoms with Gasteiger partial charge in [-0.25, -0.2) is 4.68 Å². The summed E-state index contributed by atoms with van der Waals surface area (Å²) < 4.78 is 3.43. The van der Waals surface area contributed by atoms with Gasteiger partial charge in [0.15, 0.2) is 0 Å². The first-order valence-corrected chi connectivity index (χ1v) is 4.62. The topological polar surface area (TPSA) is 73.5 Å². The molecule has 0 spiro atoms. The van der Waals surface area contributed by atoms with E-state index >= 15 is 0 Å². The molecule has 0 unspecified atom stereocenters. The quantitative estimate of drug-likeness (QED) is 0.758. The van der Waals surface area contributed by atoms with Crippen LogP contribution >= 0.6 is 0 Å². The molecule has 0 bridgehead atoms. The molecule has 0 aromatic carbocycles. The Balaban J connectivity index is 2.05. The lowest BCUT2D eigenvalue weighted by molar-refractivity contribution is 0.712. The number of hydrogen-bond acceptors (Lipinski definition) is 5. The standard InChI is InChI=1S/C8H13N7/c1-6-7(5-10-14(6)2)4-9-8-11-12-13-15(8)3/h5H,4H2,1-3H3,(H,9,11,13). The predicted molar refractivity (Wildman–Crippen MR) is 54.1 cm³/mol. The summed E-state index contributed by atoms with van der Waals surface area (Å²) in [6.45, 7) is 2.70. The van der Waals surface area contributed by atoms with Crippen molar-refractivity contribution in [3.8, 4) is 0 Å². The molecule has 2 aromatic rings. The van der Waals surface area contributed by atoms with Gasteiger partial charge >= 0.3 is 0 Å². The summed E-state index contributed by atoms with van der Waals surface area (Å²) in [6, 6.07) is 0. The molecular formula is C8H13N7. The number of aryl methyl sites for hydroxylation is 2. The molecule has 2 rings (SSSR count). The molecule has 2 heterocycles. The van der Waals surface area contributed by atoms with Crippen LogP contribution in [0.5, 0.6) is 0 Å². The minimum absolute atomic E-state index is 0.651. The lowest BCUT2D eigenvalue weighted by Crippen LogP contribution is -2.06. The van der Waals surface area contributed by atoms with Gasteiger partial charge in [-0.3, -0.25) is 4.68 Å². The third-order valence-electron chi connectivity index (χ3n) is 2.39. The molecule has 0 amide bonds. The molecule has 0 aliphatic rings. The van der Waals surface area contributed by atoms with Crippen LogP contribution in [0.4, 0.5) is 5.95 Å². The number of tetrazole rings is 1. The number of nitrogens with zero attached hydrogens (tertiary/aromatic N) is 6. The highest BCUT2D eigenvalue weighted by Crippen LogP contribution is 2.07. The lowest BCUT2D eigenvalue weighted by Gasteiger charge is -2.03. The highest BCUT2D eigenvalue weighted by molar-refractivity contribution is 5.26. The van der Waals surface area contributed by atoms with Gasteiger partial charge < -0.3 is 5.32 Å². The van der Waals surface area contributed by atoms with Crippen LogP contribution in [0.25, 0.3) is 0 Å². The maximum absolute atomic E-state index is 4.16. The fourth-order valence-electron chi connectivity index (χ4n) is 1.27. The number of rotatable bonds is 3. The monoisotopic (exact) mass is 207 g/mol. The van der Waals surface area contributed by atoms with Crippen LogP contribution in [-0.4, -0.2) is 30.0 Å². The van der Waals surface area contributed by atoms with Gasteiger partial charge in [0.1, 0.15) is 0 Å². The van der Waals surface area contributed by atoms with E-state index in [0.29, 0.717) is 12.5 Å². The van der Waals surface area contributed by atoms with E-state index in [1.807, 2.05) is 24.9 Å². The van der Waals surface area contributed by atoms with Gasteiger partial charge in [-0.2, -0.15) is 5.10 Å². The van der Waals surface area contributed by atoms with Crippen molar-refractivity contribution < 1.29 is 0 Å². The van der Waals surface area contributed by atoms with E-state index in [2.05, 4.69) is 25.9 Å². The zero-order chi connectivity index (χ0) is 10.8. The van der Waals surface area contributed by atoms with Crippen molar-refractivity contribution in [2.45, 2.75) is 13.5 Å². The summed E-state index contributed by atoms with van der Waals surface area (Å²) in [4.78, 5) is 0. The third-order valence-corrected chi connectivity index (χ3v) is 2.39. The lowest BCUT2D eigenvalue weighted by atomic mass is 10.2. The Kier molecular flexibility index (Phi) is 2.36. The fourth-order valence-corrected chi connectivity index (χ4v) is 1.27. The normalized spacial score (nSPS) is 10.6. The van der Waals surface area contributed by atoms with Gasteiger partial charge in [0.25, 0.3) is 0 Å². The number of nitrogens with one attached hydrogen (secondary N) is 1. The molecule has 2 aromatic heterocycles. The first-order chi connectivity index (χ1) is 7.18. The first kappa shape index (κ1) is 9.63. The maximum atomic E-state index is 4.16. The second-order valence-corrected chi connectivity index (χ2v) is 3.36. The Hall–Kier alpha value is -1.92. The predicted octanol–water partition coefficient (Wildman–Crippen LogP) is -0.136. The van der Waals surface area contributed by atoms with Crippen LogP contribution in [0.2, 0.25) is 0 Å². The Morgan fingerprint density at radius 3 is 2.67 bits per heavy atom. The van der Waals surface area contributed by atoms with E-state index < -0.39 is 0 Å². The Morgan fingerprint density at radius 2 is 2.13 bits per heavy atom. The maximum Gasteiger partial charge on any atom is 0.242 e. The van der Waals surface area contributed by atoms with Crippen molar-refractivity contribution in [2.24, 2.45) is 14.1 Å². The SMILES string of the molecule is Cc1c(CNc2nnnn2C)cnn1C. The van der Waals surface area contributed by atoms with Crippen LogP contribution < -0.4 is 5.32 Å². The number of hydrogen-bond donors (Lipinski definition) is 1. The number of anilines is 1. The van der Waals surface area contributed by atoms with E-state index in [0.717, 1.165) is 11.3 Å². The number of aromatic nitrogens is 6. The summed E-state index contributed by atoms with van der Waals surface area (Å²) in [5.74, 6) is 0.651. The van der Waals surface area contributed by atoms with Crippen molar-refractivity contribution in [2.75, 3.05) is 5.32 Å². The molecule has 1 N–H and O–H groups in total. The van der Waals surface area contributed by atoms with Crippen LogP contribution in [0, 0.1) is 6.92 Å². The van der Waals surface area contributed by atoms with E-state index in [-0.39, 0.29) is 0 Å². The largest absolute Gasteiger partial charge is 0.349 e. The zero-order valence-corrected chi connectivity index (χ0v) is 8.97. The molecule has 7 heteroatoms. The smallest absolute Gasteiger partial charge is 0.242 e. The summed E-state index contributed by atoms with van der Waals surface area (Å²) in [5, 5.41) is 18.4. The molecule has 0 atom stereocenters.